The molecule has 176 valence electrons. The van der Waals surface area contributed by atoms with Crippen LogP contribution in [0.2, 0.25) is 0 Å². The number of hydrogen-bond acceptors (Lipinski definition) is 7. The third-order valence-corrected chi connectivity index (χ3v) is 3.84. The number of hydrogen-bond donors (Lipinski definition) is 4. The van der Waals surface area contributed by atoms with E-state index in [0.717, 1.165) is 0 Å². The summed E-state index contributed by atoms with van der Waals surface area (Å²) < 4.78 is 11.9. The first-order valence-electron chi connectivity index (χ1n) is 10.2. The minimum Gasteiger partial charge on any atom is -0.444 e. The number of amides is 3. The molecule has 0 saturated heterocycles. The zero-order valence-electron chi connectivity index (χ0n) is 19.5. The lowest BCUT2D eigenvalue weighted by Crippen LogP contribution is -2.45. The number of carbonyl (C=O) groups is 3. The molecule has 0 radical (unpaired) electrons. The summed E-state index contributed by atoms with van der Waals surface area (Å²) in [4.78, 5) is 36.6. The van der Waals surface area contributed by atoms with Crippen LogP contribution >= 0.6 is 0 Å². The maximum atomic E-state index is 12.7. The Bertz CT molecular complexity index is 763. The minimum absolute atomic E-state index is 0.297. The van der Waals surface area contributed by atoms with E-state index >= 15 is 0 Å². The quantitative estimate of drug-likeness (QED) is 0.454. The predicted molar refractivity (Wildman–Crippen MR) is 117 cm³/mol. The second-order valence-electron chi connectivity index (χ2n) is 9.18. The van der Waals surface area contributed by atoms with Gasteiger partial charge in [0.25, 0.3) is 0 Å². The summed E-state index contributed by atoms with van der Waals surface area (Å²) in [5.74, 6) is -0.142. The average Bonchev–Trinajstić information content (AvgIpc) is 2.89. The van der Waals surface area contributed by atoms with Gasteiger partial charge < -0.3 is 31.2 Å². The van der Waals surface area contributed by atoms with E-state index in [1.54, 1.807) is 48.6 Å². The van der Waals surface area contributed by atoms with Gasteiger partial charge in [0.05, 0.1) is 6.20 Å². The summed E-state index contributed by atoms with van der Waals surface area (Å²) in [7, 11) is 1.65. The number of carbonyl (C=O) groups excluding carboxylic acids is 3. The van der Waals surface area contributed by atoms with Gasteiger partial charge in [-0.25, -0.2) is 9.59 Å². The van der Waals surface area contributed by atoms with Crippen LogP contribution in [-0.4, -0.2) is 51.7 Å². The standard InChI is InChI=1S/C20H36N6O5/c1-19(2,3)30-17(28)22-11-9-8-10-13(25-18(29)31-20(4,5)6)16(27)24-14-12-23-26(7)15(14)21/h12-13H,8-11,21H2,1-7H3,(H,22,28)(H,24,27)(H,25,29)/t13-/m0/s1. The normalized spacial score (nSPS) is 12.6. The van der Waals surface area contributed by atoms with Gasteiger partial charge >= 0.3 is 12.2 Å². The van der Waals surface area contributed by atoms with Crippen molar-refractivity contribution in [1.29, 1.82) is 0 Å². The van der Waals surface area contributed by atoms with Crippen LogP contribution < -0.4 is 21.7 Å². The van der Waals surface area contributed by atoms with Gasteiger partial charge in [0.1, 0.15) is 28.7 Å². The summed E-state index contributed by atoms with van der Waals surface area (Å²) in [5, 5.41) is 11.9. The molecule has 5 N–H and O–H groups in total. The summed E-state index contributed by atoms with van der Waals surface area (Å²) in [6.07, 6.45) is 1.73. The summed E-state index contributed by atoms with van der Waals surface area (Å²) in [6, 6.07) is -0.851. The predicted octanol–water partition coefficient (Wildman–Crippen LogP) is 2.53. The van der Waals surface area contributed by atoms with Gasteiger partial charge in [0, 0.05) is 13.6 Å². The summed E-state index contributed by atoms with van der Waals surface area (Å²) in [6.45, 7) is 10.9. The molecule has 0 spiro atoms. The molecule has 0 saturated carbocycles. The molecule has 0 bridgehead atoms. The molecule has 1 rings (SSSR count). The fourth-order valence-corrected chi connectivity index (χ4v) is 2.46. The number of alkyl carbamates (subject to hydrolysis) is 2. The molecular weight excluding hydrogens is 404 g/mol. The topological polar surface area (TPSA) is 150 Å². The molecule has 0 unspecified atom stereocenters. The maximum Gasteiger partial charge on any atom is 0.408 e. The zero-order valence-corrected chi connectivity index (χ0v) is 19.5. The number of aryl methyl sites for hydroxylation is 1. The Morgan fingerprint density at radius 3 is 2.16 bits per heavy atom. The second-order valence-corrected chi connectivity index (χ2v) is 9.18. The van der Waals surface area contributed by atoms with Gasteiger partial charge in [-0.05, 0) is 60.8 Å². The van der Waals surface area contributed by atoms with Gasteiger partial charge in [-0.15, -0.1) is 0 Å². The van der Waals surface area contributed by atoms with E-state index in [1.807, 2.05) is 0 Å². The smallest absolute Gasteiger partial charge is 0.408 e. The molecule has 11 nitrogen and oxygen atoms in total. The van der Waals surface area contributed by atoms with Crippen LogP contribution in [0.3, 0.4) is 0 Å². The van der Waals surface area contributed by atoms with Crippen LogP contribution in [-0.2, 0) is 21.3 Å². The molecule has 1 aromatic rings. The van der Waals surface area contributed by atoms with Crippen LogP contribution in [0, 0.1) is 0 Å². The van der Waals surface area contributed by atoms with Crippen molar-refractivity contribution in [3.05, 3.63) is 6.20 Å². The number of rotatable bonds is 8. The van der Waals surface area contributed by atoms with Crippen LogP contribution in [0.25, 0.3) is 0 Å². The third kappa shape index (κ3) is 10.6. The van der Waals surface area contributed by atoms with E-state index in [9.17, 15) is 14.4 Å². The van der Waals surface area contributed by atoms with Crippen molar-refractivity contribution in [3.8, 4) is 0 Å². The van der Waals surface area contributed by atoms with E-state index in [2.05, 4.69) is 21.0 Å². The molecule has 1 heterocycles. The van der Waals surface area contributed by atoms with Gasteiger partial charge in [-0.1, -0.05) is 0 Å². The highest BCUT2D eigenvalue weighted by molar-refractivity contribution is 5.98. The van der Waals surface area contributed by atoms with E-state index < -0.39 is 35.3 Å². The maximum absolute atomic E-state index is 12.7. The molecule has 1 atom stereocenters. The van der Waals surface area contributed by atoms with E-state index in [1.165, 1.54) is 10.9 Å². The van der Waals surface area contributed by atoms with Gasteiger partial charge in [0.2, 0.25) is 5.91 Å². The molecule has 1 aromatic heterocycles. The van der Waals surface area contributed by atoms with Crippen LogP contribution in [0.4, 0.5) is 21.1 Å². The first-order chi connectivity index (χ1) is 14.2. The highest BCUT2D eigenvalue weighted by Crippen LogP contribution is 2.17. The molecule has 0 aliphatic rings. The van der Waals surface area contributed by atoms with Crippen molar-refractivity contribution in [2.75, 3.05) is 17.6 Å². The number of nitrogens with two attached hydrogens (primary N) is 1. The van der Waals surface area contributed by atoms with Crippen molar-refractivity contribution >= 4 is 29.6 Å². The minimum atomic E-state index is -0.851. The fraction of sp³-hybridized carbons (Fsp3) is 0.700. The SMILES string of the molecule is Cn1ncc(NC(=O)[C@H](CCCCNC(=O)OC(C)(C)C)NC(=O)OC(C)(C)C)c1N. The highest BCUT2D eigenvalue weighted by atomic mass is 16.6. The van der Waals surface area contributed by atoms with Gasteiger partial charge in [0.15, 0.2) is 0 Å². The Kier molecular flexibility index (Phi) is 9.14. The fourth-order valence-electron chi connectivity index (χ4n) is 2.46. The van der Waals surface area contributed by atoms with Crippen LogP contribution in [0.15, 0.2) is 6.20 Å². The summed E-state index contributed by atoms with van der Waals surface area (Å²) in [5.41, 5.74) is 4.96. The summed E-state index contributed by atoms with van der Waals surface area (Å²) >= 11 is 0. The van der Waals surface area contributed by atoms with Crippen molar-refractivity contribution in [2.24, 2.45) is 7.05 Å². The van der Waals surface area contributed by atoms with Crippen molar-refractivity contribution in [2.45, 2.75) is 78.0 Å². The Balaban J connectivity index is 2.63. The first-order valence-corrected chi connectivity index (χ1v) is 10.2. The molecular formula is C20H36N6O5. The number of nitrogens with zero attached hydrogens (tertiary/aromatic N) is 2. The Labute approximate surface area is 183 Å². The molecule has 0 aliphatic heterocycles. The monoisotopic (exact) mass is 440 g/mol. The van der Waals surface area contributed by atoms with E-state index in [-0.39, 0.29) is 0 Å². The van der Waals surface area contributed by atoms with E-state index in [0.29, 0.717) is 37.3 Å². The molecule has 0 aliphatic carbocycles. The lowest BCUT2D eigenvalue weighted by molar-refractivity contribution is -0.118. The van der Waals surface area contributed by atoms with Crippen molar-refractivity contribution < 1.29 is 23.9 Å². The van der Waals surface area contributed by atoms with Crippen molar-refractivity contribution in [3.63, 3.8) is 0 Å². The Hall–Kier alpha value is -2.98. The largest absolute Gasteiger partial charge is 0.444 e. The van der Waals surface area contributed by atoms with Crippen LogP contribution in [0.1, 0.15) is 60.8 Å². The third-order valence-electron chi connectivity index (χ3n) is 3.84. The number of nitrogen functional groups attached to an aromatic ring is 1. The lowest BCUT2D eigenvalue weighted by Gasteiger charge is -2.23. The second kappa shape index (κ2) is 10.9. The van der Waals surface area contributed by atoms with Crippen LogP contribution in [0.5, 0.6) is 0 Å². The number of ether oxygens (including phenoxy) is 2. The number of aromatic nitrogens is 2. The van der Waals surface area contributed by atoms with E-state index in [4.69, 9.17) is 15.2 Å². The molecule has 0 aromatic carbocycles. The molecule has 11 heteroatoms. The molecule has 3 amide bonds. The number of nitrogens with one attached hydrogen (secondary N) is 3. The van der Waals surface area contributed by atoms with Gasteiger partial charge in [-0.2, -0.15) is 5.10 Å². The van der Waals surface area contributed by atoms with Crippen molar-refractivity contribution in [1.82, 2.24) is 20.4 Å². The first kappa shape index (κ1) is 26.1. The number of unbranched alkanes of at least 4 members (excludes halogenated alkanes) is 1. The highest BCUT2D eigenvalue weighted by Gasteiger charge is 2.25. The average molecular weight is 441 g/mol. The molecule has 31 heavy (non-hydrogen) atoms. The Morgan fingerprint density at radius 2 is 1.65 bits per heavy atom. The molecule has 0 fully saturated rings. The van der Waals surface area contributed by atoms with Gasteiger partial charge in [-0.3, -0.25) is 9.48 Å². The zero-order chi connectivity index (χ0) is 23.8. The Morgan fingerprint density at radius 1 is 1.06 bits per heavy atom. The lowest BCUT2D eigenvalue weighted by atomic mass is 10.1. The number of anilines is 2.